The quantitative estimate of drug-likeness (QED) is 0.0526. The fraction of sp³-hybridized carbons (Fsp3) is 0.378. The topological polar surface area (TPSA) is 275 Å². The average molecular weight is 1120 g/mol. The number of allylic oxidation sites excluding steroid dienone is 8. The predicted molar refractivity (Wildman–Crippen MR) is 236 cm³/mol. The number of fused-ring (bicyclic) bond motifs is 2. The molecule has 1 aliphatic carbocycles. The van der Waals surface area contributed by atoms with Crippen molar-refractivity contribution in [3.8, 4) is 0 Å². The molecule has 3 aromatic rings. The van der Waals surface area contributed by atoms with E-state index >= 15 is 8.78 Å². The van der Waals surface area contributed by atoms with Crippen molar-refractivity contribution in [2.24, 2.45) is 5.92 Å². The van der Waals surface area contributed by atoms with Gasteiger partial charge in [-0.05, 0) is 105 Å². The average Bonchev–Trinajstić information content (AvgIpc) is 3.55. The van der Waals surface area contributed by atoms with Crippen LogP contribution in [0.25, 0.3) is 5.57 Å². The van der Waals surface area contributed by atoms with E-state index in [2.05, 4.69) is 0 Å². The molecule has 16 nitrogen and oxygen atoms in total. The number of hydrogen-bond donors (Lipinski definition) is 0. The number of benzene rings is 3. The number of anilines is 1. The Bertz CT molecular complexity index is 3210. The first-order valence-corrected chi connectivity index (χ1v) is 27.0. The largest absolute Gasteiger partial charge is 1.00 e. The molecule has 2 heterocycles. The Labute approximate surface area is 506 Å². The second-order valence-corrected chi connectivity index (χ2v) is 23.6. The van der Waals surface area contributed by atoms with Crippen molar-refractivity contribution in [2.45, 2.75) is 86.8 Å². The molecule has 0 N–H and O–H groups in total. The third-order valence-corrected chi connectivity index (χ3v) is 15.6. The number of carbonyl (C=O) groups is 1. The first-order chi connectivity index (χ1) is 31.3. The summed E-state index contributed by atoms with van der Waals surface area (Å²) in [5.74, 6) is -8.24. The fourth-order valence-electron chi connectivity index (χ4n) is 9.14. The molecule has 1 atom stereocenters. The molecule has 3 aromatic carbocycles. The number of nitrogens with zero attached hydrogens (tertiary/aromatic N) is 2. The van der Waals surface area contributed by atoms with E-state index in [9.17, 15) is 66.2 Å². The molecule has 368 valence electrons. The van der Waals surface area contributed by atoms with Crippen LogP contribution in [0.15, 0.2) is 99.5 Å². The summed E-state index contributed by atoms with van der Waals surface area (Å²) in [4.78, 5) is 13.3. The van der Waals surface area contributed by atoms with Crippen LogP contribution in [0.5, 0.6) is 0 Å². The van der Waals surface area contributed by atoms with Gasteiger partial charge in [0.2, 0.25) is 5.69 Å². The van der Waals surface area contributed by atoms with Gasteiger partial charge in [-0.1, -0.05) is 26.0 Å². The van der Waals surface area contributed by atoms with Crippen LogP contribution in [0, 0.1) is 23.4 Å². The fourth-order valence-corrected chi connectivity index (χ4v) is 11.3. The molecule has 0 spiro atoms. The smallest absolute Gasteiger partial charge is 0.748 e. The summed E-state index contributed by atoms with van der Waals surface area (Å²) in [6.07, 6.45) is 5.05. The van der Waals surface area contributed by atoms with Crippen molar-refractivity contribution in [1.29, 1.82) is 0 Å². The van der Waals surface area contributed by atoms with Gasteiger partial charge in [-0.25, -0.2) is 46.8 Å². The summed E-state index contributed by atoms with van der Waals surface area (Å²) >= 11 is 0. The molecule has 27 heteroatoms. The predicted octanol–water partition coefficient (Wildman–Crippen LogP) is -7.27. The summed E-state index contributed by atoms with van der Waals surface area (Å²) in [6.45, 7) is 6.79. The molecule has 0 bridgehead atoms. The van der Waals surface area contributed by atoms with Crippen molar-refractivity contribution < 1.29 is 198 Å². The van der Waals surface area contributed by atoms with Crippen LogP contribution >= 0.6 is 0 Å². The maximum Gasteiger partial charge on any atom is 1.00 e. The molecule has 0 amide bonds. The van der Waals surface area contributed by atoms with Gasteiger partial charge in [0.1, 0.15) is 44.2 Å². The van der Waals surface area contributed by atoms with Crippen LogP contribution in [-0.4, -0.2) is 92.7 Å². The molecular weight excluding hydrogens is 1070 g/mol. The number of carbonyl (C=O) groups excluding carboxylic acids is 1. The third-order valence-electron chi connectivity index (χ3n) is 12.4. The van der Waals surface area contributed by atoms with E-state index in [1.165, 1.54) is 48.6 Å². The van der Waals surface area contributed by atoms with E-state index in [1.54, 1.807) is 37.2 Å². The molecule has 0 saturated heterocycles. The zero-order valence-electron chi connectivity index (χ0n) is 41.0. The van der Waals surface area contributed by atoms with Gasteiger partial charge in [-0.15, -0.1) is 0 Å². The van der Waals surface area contributed by atoms with Crippen LogP contribution in [0.1, 0.15) is 82.9 Å². The maximum atomic E-state index is 16.1. The minimum atomic E-state index is -4.95. The Morgan fingerprint density at radius 3 is 1.75 bits per heavy atom. The van der Waals surface area contributed by atoms with Crippen molar-refractivity contribution in [2.75, 3.05) is 29.5 Å². The van der Waals surface area contributed by atoms with Crippen molar-refractivity contribution in [1.82, 2.24) is 0 Å². The van der Waals surface area contributed by atoms with Crippen LogP contribution in [0.4, 0.5) is 24.5 Å². The molecule has 0 fully saturated rings. The molecule has 6 rings (SSSR count). The molecule has 2 aliphatic heterocycles. The molecule has 72 heavy (non-hydrogen) atoms. The van der Waals surface area contributed by atoms with Crippen molar-refractivity contribution >= 4 is 69.1 Å². The summed E-state index contributed by atoms with van der Waals surface area (Å²) < 4.78 is 189. The SMILES string of the molecule is CC1(C)C(/C=C/C2=C(c3c(F)cc(F)cc3F)C(=C/C=C3/N(CCCCS(=O)(=O)[O-])c4ccc(S(=O)(=O)[O-])cc4C3(C)C)/CC(C(=O)[O-])C2)=[N+](CCCCS(=O)(=O)[O-])c2ccc(S(=O)(=O)[O-])cc21.[Na+].[Na+].[Na+].[Na+]. The summed E-state index contributed by atoms with van der Waals surface area (Å²) in [5, 5.41) is 12.8. The number of unbranched alkanes of at least 4 members (excludes halogenated alkanes) is 2. The second kappa shape index (κ2) is 25.6. The van der Waals surface area contributed by atoms with E-state index in [4.69, 9.17) is 0 Å². The van der Waals surface area contributed by atoms with E-state index < -0.39 is 120 Å². The Hall–Kier alpha value is -1.01. The first-order valence-electron chi connectivity index (χ1n) is 21.0. The Morgan fingerprint density at radius 2 is 1.22 bits per heavy atom. The monoisotopic (exact) mass is 1110 g/mol. The van der Waals surface area contributed by atoms with Gasteiger partial charge < -0.3 is 33.0 Å². The van der Waals surface area contributed by atoms with Gasteiger partial charge in [0.05, 0.1) is 41.0 Å². The zero-order chi connectivity index (χ0) is 50.5. The standard InChI is InChI=1S/C45H49F3N2O14S4.4Na/c1-44(2)33-25-31(67(59,60)61)11-13-37(33)49(17-5-7-19-65(53,54)55)39(44)15-9-27-21-29(43(51)52)22-28(41(27)42-35(47)23-30(46)24-36(42)48)10-16-40-45(3,4)34-26-32(68(62,63)64)12-14-38(34)50(40)18-6-8-20-66(56,57)58;;;;/h9-16,23-26,29H,5-8,17-22H2,1-4H3,(H4-,51,52,53,54,55,56,57,58,59,60,61,62,63,64);;;;/q;4*+1/p-4. The minimum Gasteiger partial charge on any atom is -0.748 e. The molecule has 1 unspecified atom stereocenters. The zero-order valence-corrected chi connectivity index (χ0v) is 52.2. The van der Waals surface area contributed by atoms with Gasteiger partial charge in [-0.3, -0.25) is 0 Å². The Balaban J connectivity index is 0.00000444. The number of hydrogen-bond acceptors (Lipinski definition) is 15. The Kier molecular flexibility index (Phi) is 23.9. The summed E-state index contributed by atoms with van der Waals surface area (Å²) in [6, 6.07) is 8.16. The maximum absolute atomic E-state index is 16.1. The second-order valence-electron chi connectivity index (χ2n) is 17.8. The Morgan fingerprint density at radius 1 is 0.694 bits per heavy atom. The molecule has 0 radical (unpaired) electrons. The molecule has 0 saturated carbocycles. The molecular formula is C45H45F3N2Na4O14S4. The number of aliphatic carboxylic acids is 1. The van der Waals surface area contributed by atoms with Gasteiger partial charge in [0.15, 0.2) is 5.71 Å². The van der Waals surface area contributed by atoms with Crippen LogP contribution in [0.2, 0.25) is 0 Å². The summed E-state index contributed by atoms with van der Waals surface area (Å²) in [7, 11) is -19.1. The number of halogens is 3. The van der Waals surface area contributed by atoms with Gasteiger partial charge in [0, 0.05) is 83.0 Å². The molecule has 0 aromatic heterocycles. The van der Waals surface area contributed by atoms with Gasteiger partial charge in [0.25, 0.3) is 0 Å². The minimum absolute atomic E-state index is 0. The van der Waals surface area contributed by atoms with Crippen LogP contribution < -0.4 is 128 Å². The third kappa shape index (κ3) is 15.6. The number of rotatable bonds is 17. The van der Waals surface area contributed by atoms with Crippen LogP contribution in [-0.2, 0) is 56.1 Å². The van der Waals surface area contributed by atoms with E-state index in [0.29, 0.717) is 46.0 Å². The number of carboxylic acids is 1. The number of carboxylic acid groups (broad SMARTS) is 1. The van der Waals surface area contributed by atoms with E-state index in [0.717, 1.165) is 12.1 Å². The molecule has 3 aliphatic rings. The van der Waals surface area contributed by atoms with Gasteiger partial charge in [-0.2, -0.15) is 4.58 Å². The van der Waals surface area contributed by atoms with E-state index in [1.807, 2.05) is 0 Å². The van der Waals surface area contributed by atoms with Crippen LogP contribution in [0.3, 0.4) is 0 Å². The summed E-state index contributed by atoms with van der Waals surface area (Å²) in [5.41, 5.74) is -0.957. The first kappa shape index (κ1) is 67.1. The van der Waals surface area contributed by atoms with E-state index in [-0.39, 0.29) is 174 Å². The van der Waals surface area contributed by atoms with Crippen molar-refractivity contribution in [3.05, 3.63) is 124 Å². The normalized spacial score (nSPS) is 18.6. The van der Waals surface area contributed by atoms with Gasteiger partial charge >= 0.3 is 118 Å². The van der Waals surface area contributed by atoms with Crippen molar-refractivity contribution in [3.63, 3.8) is 0 Å².